The number of benzene rings is 1. The molecule has 23 heavy (non-hydrogen) atoms. The topological polar surface area (TPSA) is 26.3 Å². The molecule has 0 spiro atoms. The minimum absolute atomic E-state index is 0.207. The number of aryl methyl sites for hydroxylation is 1. The number of allylic oxidation sites excluding steroid dienone is 4. The van der Waals surface area contributed by atoms with E-state index in [2.05, 4.69) is 45.1 Å². The molecule has 1 aliphatic carbocycles. The summed E-state index contributed by atoms with van der Waals surface area (Å²) in [4.78, 5) is 12.2. The van der Waals surface area contributed by atoms with Gasteiger partial charge in [0.2, 0.25) is 0 Å². The van der Waals surface area contributed by atoms with Crippen molar-refractivity contribution in [3.8, 4) is 0 Å². The lowest BCUT2D eigenvalue weighted by molar-refractivity contribution is 0.0500. The lowest BCUT2D eigenvalue weighted by Gasteiger charge is -2.14. The third kappa shape index (κ3) is 5.09. The first-order chi connectivity index (χ1) is 11.1. The summed E-state index contributed by atoms with van der Waals surface area (Å²) < 4.78 is 5.42. The molecule has 2 heteroatoms. The smallest absolute Gasteiger partial charge is 0.338 e. The zero-order valence-electron chi connectivity index (χ0n) is 14.6. The Labute approximate surface area is 140 Å². The van der Waals surface area contributed by atoms with Crippen LogP contribution < -0.4 is 0 Å². The lowest BCUT2D eigenvalue weighted by atomic mass is 9.93. The van der Waals surface area contributed by atoms with Crippen molar-refractivity contribution in [2.24, 2.45) is 0 Å². The zero-order chi connectivity index (χ0) is 16.7. The van der Waals surface area contributed by atoms with Gasteiger partial charge in [-0.15, -0.1) is 0 Å². The van der Waals surface area contributed by atoms with Crippen LogP contribution in [0.3, 0.4) is 0 Å². The van der Waals surface area contributed by atoms with Gasteiger partial charge in [0, 0.05) is 0 Å². The molecule has 0 amide bonds. The first-order valence-corrected chi connectivity index (χ1v) is 8.74. The first-order valence-electron chi connectivity index (χ1n) is 8.74. The number of hydrogen-bond donors (Lipinski definition) is 0. The predicted octanol–water partition coefficient (Wildman–Crippen LogP) is 5.72. The standard InChI is InChI=1S/C21H28O2/c1-4-16(2)20-13-12-19(15-17(20)3)21(22)23-14-8-11-18-9-6-5-7-10-18/h5-6,9,12-13,15-16H,4,7-8,10-11,14H2,1-3H3. The lowest BCUT2D eigenvalue weighted by Crippen LogP contribution is -2.08. The molecule has 2 rings (SSSR count). The largest absolute Gasteiger partial charge is 0.462 e. The third-order valence-corrected chi connectivity index (χ3v) is 4.62. The van der Waals surface area contributed by atoms with Gasteiger partial charge in [0.1, 0.15) is 0 Å². The van der Waals surface area contributed by atoms with Gasteiger partial charge in [-0.3, -0.25) is 0 Å². The van der Waals surface area contributed by atoms with Crippen LogP contribution in [-0.4, -0.2) is 12.6 Å². The van der Waals surface area contributed by atoms with E-state index in [1.807, 2.05) is 12.1 Å². The summed E-state index contributed by atoms with van der Waals surface area (Å²) in [6.45, 7) is 6.96. The van der Waals surface area contributed by atoms with Crippen LogP contribution in [0, 0.1) is 6.92 Å². The Morgan fingerprint density at radius 3 is 2.83 bits per heavy atom. The van der Waals surface area contributed by atoms with Gasteiger partial charge in [-0.25, -0.2) is 4.79 Å². The average Bonchev–Trinajstić information content (AvgIpc) is 2.58. The van der Waals surface area contributed by atoms with Crippen LogP contribution in [0.2, 0.25) is 0 Å². The van der Waals surface area contributed by atoms with E-state index in [0.717, 1.165) is 32.1 Å². The fraction of sp³-hybridized carbons (Fsp3) is 0.476. The van der Waals surface area contributed by atoms with Crippen LogP contribution in [0.1, 0.15) is 73.4 Å². The Kier molecular flexibility index (Phi) is 6.64. The Morgan fingerprint density at radius 2 is 2.17 bits per heavy atom. The van der Waals surface area contributed by atoms with E-state index in [9.17, 15) is 4.79 Å². The molecule has 0 aromatic heterocycles. The molecule has 2 nitrogen and oxygen atoms in total. The van der Waals surface area contributed by atoms with Crippen LogP contribution >= 0.6 is 0 Å². The van der Waals surface area contributed by atoms with Gasteiger partial charge in [-0.1, -0.05) is 43.7 Å². The summed E-state index contributed by atoms with van der Waals surface area (Å²) in [6, 6.07) is 5.92. The molecule has 0 saturated heterocycles. The minimum Gasteiger partial charge on any atom is -0.462 e. The van der Waals surface area contributed by atoms with Gasteiger partial charge in [0.25, 0.3) is 0 Å². The summed E-state index contributed by atoms with van der Waals surface area (Å²) in [5.41, 5.74) is 4.61. The van der Waals surface area contributed by atoms with Crippen LogP contribution in [-0.2, 0) is 4.74 Å². The molecule has 0 bridgehead atoms. The van der Waals surface area contributed by atoms with Gasteiger partial charge in [-0.2, -0.15) is 0 Å². The van der Waals surface area contributed by atoms with Crippen LogP contribution in [0.5, 0.6) is 0 Å². The number of ether oxygens (including phenoxy) is 1. The van der Waals surface area contributed by atoms with Gasteiger partial charge in [-0.05, 0) is 68.2 Å². The SMILES string of the molecule is CCC(C)c1ccc(C(=O)OCCCC2=CC=CCC2)cc1C. The second-order valence-electron chi connectivity index (χ2n) is 6.41. The fourth-order valence-corrected chi connectivity index (χ4v) is 2.98. The van der Waals surface area contributed by atoms with E-state index < -0.39 is 0 Å². The molecule has 1 aromatic rings. The highest BCUT2D eigenvalue weighted by atomic mass is 16.5. The zero-order valence-corrected chi connectivity index (χ0v) is 14.6. The van der Waals surface area contributed by atoms with Crippen molar-refractivity contribution in [2.75, 3.05) is 6.61 Å². The van der Waals surface area contributed by atoms with Crippen molar-refractivity contribution in [2.45, 2.75) is 58.8 Å². The van der Waals surface area contributed by atoms with Crippen LogP contribution in [0.15, 0.2) is 42.0 Å². The molecule has 0 fully saturated rings. The summed E-state index contributed by atoms with van der Waals surface area (Å²) in [5.74, 6) is 0.319. The maximum Gasteiger partial charge on any atom is 0.338 e. The van der Waals surface area contributed by atoms with E-state index in [0.29, 0.717) is 18.1 Å². The van der Waals surface area contributed by atoms with Crippen molar-refractivity contribution >= 4 is 5.97 Å². The Balaban J connectivity index is 1.82. The van der Waals surface area contributed by atoms with Crippen molar-refractivity contribution in [3.63, 3.8) is 0 Å². The molecule has 0 aliphatic heterocycles. The number of carbonyl (C=O) groups is 1. The quantitative estimate of drug-likeness (QED) is 0.475. The Hall–Kier alpha value is -1.83. The highest BCUT2D eigenvalue weighted by Crippen LogP contribution is 2.23. The second-order valence-corrected chi connectivity index (χ2v) is 6.41. The van der Waals surface area contributed by atoms with Gasteiger partial charge < -0.3 is 4.74 Å². The summed E-state index contributed by atoms with van der Waals surface area (Å²) in [6.07, 6.45) is 11.8. The summed E-state index contributed by atoms with van der Waals surface area (Å²) in [5, 5.41) is 0. The molecule has 1 aromatic carbocycles. The Morgan fingerprint density at radius 1 is 1.35 bits per heavy atom. The monoisotopic (exact) mass is 312 g/mol. The maximum atomic E-state index is 12.2. The van der Waals surface area contributed by atoms with Crippen molar-refractivity contribution < 1.29 is 9.53 Å². The summed E-state index contributed by atoms with van der Waals surface area (Å²) in [7, 11) is 0. The van der Waals surface area contributed by atoms with Crippen molar-refractivity contribution in [1.29, 1.82) is 0 Å². The normalized spacial score (nSPS) is 15.2. The second kappa shape index (κ2) is 8.71. The van der Waals surface area contributed by atoms with Crippen LogP contribution in [0.25, 0.3) is 0 Å². The third-order valence-electron chi connectivity index (χ3n) is 4.62. The molecule has 124 valence electrons. The van der Waals surface area contributed by atoms with Crippen LogP contribution in [0.4, 0.5) is 0 Å². The predicted molar refractivity (Wildman–Crippen MR) is 95.9 cm³/mol. The fourth-order valence-electron chi connectivity index (χ4n) is 2.98. The highest BCUT2D eigenvalue weighted by molar-refractivity contribution is 5.89. The first kappa shape index (κ1) is 17.5. The molecule has 0 N–H and O–H groups in total. The van der Waals surface area contributed by atoms with E-state index in [4.69, 9.17) is 4.74 Å². The van der Waals surface area contributed by atoms with Gasteiger partial charge >= 0.3 is 5.97 Å². The van der Waals surface area contributed by atoms with Gasteiger partial charge in [0.05, 0.1) is 12.2 Å². The van der Waals surface area contributed by atoms with E-state index in [-0.39, 0.29) is 5.97 Å². The molecular weight excluding hydrogens is 284 g/mol. The molecule has 1 atom stereocenters. The van der Waals surface area contributed by atoms with E-state index in [1.165, 1.54) is 16.7 Å². The molecule has 1 unspecified atom stereocenters. The number of carbonyl (C=O) groups excluding carboxylic acids is 1. The highest BCUT2D eigenvalue weighted by Gasteiger charge is 2.12. The number of hydrogen-bond acceptors (Lipinski definition) is 2. The minimum atomic E-state index is -0.207. The van der Waals surface area contributed by atoms with Gasteiger partial charge in [0.15, 0.2) is 0 Å². The molecule has 0 saturated carbocycles. The maximum absolute atomic E-state index is 12.2. The molecular formula is C21H28O2. The number of esters is 1. The van der Waals surface area contributed by atoms with E-state index >= 15 is 0 Å². The molecule has 1 aliphatic rings. The van der Waals surface area contributed by atoms with Crippen molar-refractivity contribution in [3.05, 3.63) is 58.7 Å². The van der Waals surface area contributed by atoms with E-state index in [1.54, 1.807) is 0 Å². The number of rotatable bonds is 7. The average molecular weight is 312 g/mol. The van der Waals surface area contributed by atoms with Crippen molar-refractivity contribution in [1.82, 2.24) is 0 Å². The Bertz CT molecular complexity index is 596. The summed E-state index contributed by atoms with van der Waals surface area (Å²) >= 11 is 0. The molecule has 0 heterocycles. The molecule has 0 radical (unpaired) electrons.